The zero-order valence-electron chi connectivity index (χ0n) is 16.5. The molecule has 2 fully saturated rings. The molecular formula is C19H22N4O7. The number of nitro benzene ring substituents is 1. The lowest BCUT2D eigenvalue weighted by Gasteiger charge is -2.32. The molecule has 1 amide bonds. The molecule has 3 rings (SSSR count). The normalized spacial score (nSPS) is 19.0. The number of carbonyl (C=O) groups excluding carboxylic acids is 3. The van der Waals surface area contributed by atoms with E-state index in [1.807, 2.05) is 4.90 Å². The van der Waals surface area contributed by atoms with Gasteiger partial charge in [0.05, 0.1) is 4.92 Å². The molecule has 0 saturated carbocycles. The highest BCUT2D eigenvalue weighted by atomic mass is 16.7. The van der Waals surface area contributed by atoms with Crippen LogP contribution in [0.25, 0.3) is 0 Å². The van der Waals surface area contributed by atoms with Gasteiger partial charge in [0.2, 0.25) is 5.91 Å². The Morgan fingerprint density at radius 2 is 1.87 bits per heavy atom. The molecule has 0 spiro atoms. The Hall–Kier alpha value is -3.63. The van der Waals surface area contributed by atoms with E-state index in [4.69, 9.17) is 15.2 Å². The molecule has 11 heteroatoms. The second kappa shape index (κ2) is 8.01. The first-order valence-corrected chi connectivity index (χ1v) is 9.33. The maximum atomic E-state index is 12.0. The van der Waals surface area contributed by atoms with E-state index < -0.39 is 22.6 Å². The highest BCUT2D eigenvalue weighted by Crippen LogP contribution is 2.34. The van der Waals surface area contributed by atoms with Gasteiger partial charge in [-0.3, -0.25) is 14.9 Å². The summed E-state index contributed by atoms with van der Waals surface area (Å²) in [6, 6.07) is 4.46. The van der Waals surface area contributed by atoms with Crippen molar-refractivity contribution in [2.45, 2.75) is 32.5 Å². The van der Waals surface area contributed by atoms with Gasteiger partial charge < -0.3 is 25.4 Å². The molecular weight excluding hydrogens is 396 g/mol. The molecule has 2 saturated heterocycles. The topological polar surface area (TPSA) is 154 Å². The monoisotopic (exact) mass is 418 g/mol. The van der Waals surface area contributed by atoms with Gasteiger partial charge in [-0.05, 0) is 25.0 Å². The van der Waals surface area contributed by atoms with Crippen LogP contribution < -0.4 is 16.0 Å². The highest BCUT2D eigenvalue weighted by molar-refractivity contribution is 6.15. The predicted molar refractivity (Wildman–Crippen MR) is 105 cm³/mol. The molecule has 0 atom stereocenters. The molecule has 30 heavy (non-hydrogen) atoms. The Labute approximate surface area is 171 Å². The summed E-state index contributed by atoms with van der Waals surface area (Å²) in [7, 11) is 0. The van der Waals surface area contributed by atoms with Crippen molar-refractivity contribution in [3.05, 3.63) is 40.1 Å². The molecule has 1 aromatic rings. The number of ether oxygens (including phenoxy) is 2. The third kappa shape index (κ3) is 4.50. The third-order valence-corrected chi connectivity index (χ3v) is 4.91. The van der Waals surface area contributed by atoms with E-state index in [9.17, 15) is 24.5 Å². The number of rotatable bonds is 5. The van der Waals surface area contributed by atoms with Crippen molar-refractivity contribution in [1.29, 1.82) is 0 Å². The van der Waals surface area contributed by atoms with Gasteiger partial charge in [0, 0.05) is 50.8 Å². The Balaban J connectivity index is 1.77. The van der Waals surface area contributed by atoms with Crippen LogP contribution >= 0.6 is 0 Å². The number of primary amides is 1. The summed E-state index contributed by atoms with van der Waals surface area (Å²) in [5.41, 5.74) is 5.55. The number of nitro groups is 1. The summed E-state index contributed by atoms with van der Waals surface area (Å²) in [5.74, 6) is -3.65. The molecule has 2 aliphatic rings. The van der Waals surface area contributed by atoms with Crippen LogP contribution in [0.5, 0.6) is 0 Å². The van der Waals surface area contributed by atoms with Crippen molar-refractivity contribution in [2.24, 2.45) is 11.7 Å². The fourth-order valence-corrected chi connectivity index (χ4v) is 3.37. The van der Waals surface area contributed by atoms with E-state index in [2.05, 4.69) is 5.32 Å². The number of nitrogens with one attached hydrogen (secondary N) is 1. The highest BCUT2D eigenvalue weighted by Gasteiger charge is 2.39. The van der Waals surface area contributed by atoms with Gasteiger partial charge in [-0.15, -0.1) is 0 Å². The van der Waals surface area contributed by atoms with Crippen molar-refractivity contribution in [3.63, 3.8) is 0 Å². The first kappa shape index (κ1) is 21.1. The fourth-order valence-electron chi connectivity index (χ4n) is 3.37. The average Bonchev–Trinajstić information content (AvgIpc) is 2.66. The van der Waals surface area contributed by atoms with Crippen molar-refractivity contribution in [3.8, 4) is 0 Å². The molecule has 0 aliphatic carbocycles. The number of benzene rings is 1. The molecule has 0 radical (unpaired) electrons. The summed E-state index contributed by atoms with van der Waals surface area (Å²) in [4.78, 5) is 48.2. The van der Waals surface area contributed by atoms with Gasteiger partial charge in [0.25, 0.3) is 11.5 Å². The number of nitrogens with two attached hydrogens (primary N) is 1. The zero-order chi connectivity index (χ0) is 22.1. The maximum Gasteiger partial charge on any atom is 0.350 e. The van der Waals surface area contributed by atoms with Crippen LogP contribution in [0.1, 0.15) is 26.7 Å². The molecule has 3 N–H and O–H groups in total. The second-order valence-electron chi connectivity index (χ2n) is 7.51. The largest absolute Gasteiger partial charge is 0.419 e. The van der Waals surface area contributed by atoms with Crippen LogP contribution in [0.2, 0.25) is 0 Å². The van der Waals surface area contributed by atoms with Crippen molar-refractivity contribution < 1.29 is 28.8 Å². The van der Waals surface area contributed by atoms with Crippen LogP contribution in [-0.4, -0.2) is 41.6 Å². The number of hydrogen-bond acceptors (Lipinski definition) is 9. The van der Waals surface area contributed by atoms with E-state index in [1.54, 1.807) is 12.1 Å². The van der Waals surface area contributed by atoms with Gasteiger partial charge in [0.1, 0.15) is 5.69 Å². The van der Waals surface area contributed by atoms with E-state index in [0.717, 1.165) is 6.20 Å². The van der Waals surface area contributed by atoms with Gasteiger partial charge >= 0.3 is 11.9 Å². The zero-order valence-corrected chi connectivity index (χ0v) is 16.5. The Bertz CT molecular complexity index is 911. The number of cyclic esters (lactones) is 2. The molecule has 0 bridgehead atoms. The van der Waals surface area contributed by atoms with E-state index in [-0.39, 0.29) is 23.1 Å². The van der Waals surface area contributed by atoms with Crippen LogP contribution in [0, 0.1) is 16.0 Å². The smallest absolute Gasteiger partial charge is 0.350 e. The Kier molecular flexibility index (Phi) is 5.63. The number of hydrogen-bond donors (Lipinski definition) is 2. The van der Waals surface area contributed by atoms with Crippen LogP contribution in [-0.2, 0) is 23.9 Å². The number of amides is 1. The van der Waals surface area contributed by atoms with Gasteiger partial charge in [-0.1, -0.05) is 0 Å². The van der Waals surface area contributed by atoms with Gasteiger partial charge in [-0.2, -0.15) is 0 Å². The molecule has 11 nitrogen and oxygen atoms in total. The number of nitrogens with zero attached hydrogens (tertiary/aromatic N) is 2. The van der Waals surface area contributed by atoms with Crippen molar-refractivity contribution >= 4 is 34.9 Å². The number of piperidine rings is 1. The average molecular weight is 418 g/mol. The lowest BCUT2D eigenvalue weighted by atomic mass is 9.96. The Morgan fingerprint density at radius 1 is 1.27 bits per heavy atom. The van der Waals surface area contributed by atoms with Gasteiger partial charge in [0.15, 0.2) is 5.57 Å². The lowest BCUT2D eigenvalue weighted by Crippen LogP contribution is -2.42. The quantitative estimate of drug-likeness (QED) is 0.237. The SMILES string of the molecule is CC1(C)OC(=O)C(=CNc2ccc(N3CCC(C(N)=O)CC3)c([N+](=O)[O-])c2)C(=O)O1. The molecule has 1 aromatic carbocycles. The first-order valence-electron chi connectivity index (χ1n) is 9.33. The number of esters is 2. The molecule has 2 aliphatic heterocycles. The van der Waals surface area contributed by atoms with E-state index in [1.165, 1.54) is 19.9 Å². The fraction of sp³-hybridized carbons (Fsp3) is 0.421. The van der Waals surface area contributed by atoms with Crippen molar-refractivity contribution in [1.82, 2.24) is 0 Å². The predicted octanol–water partition coefficient (Wildman–Crippen LogP) is 1.43. The van der Waals surface area contributed by atoms with Crippen molar-refractivity contribution in [2.75, 3.05) is 23.3 Å². The minimum absolute atomic E-state index is 0.147. The molecule has 2 heterocycles. The summed E-state index contributed by atoms with van der Waals surface area (Å²) >= 11 is 0. The maximum absolute atomic E-state index is 12.0. The summed E-state index contributed by atoms with van der Waals surface area (Å²) in [6.07, 6.45) is 2.15. The summed E-state index contributed by atoms with van der Waals surface area (Å²) in [6.45, 7) is 3.81. The Morgan fingerprint density at radius 3 is 2.40 bits per heavy atom. The standard InChI is InChI=1S/C19H22N4O7/c1-19(2)29-17(25)13(18(26)30-19)10-21-12-3-4-14(15(9-12)23(27)28)22-7-5-11(6-8-22)16(20)24/h3-4,9-11,21H,5-8H2,1-2H3,(H2,20,24). The minimum atomic E-state index is -1.35. The van der Waals surface area contributed by atoms with Crippen LogP contribution in [0.4, 0.5) is 17.1 Å². The third-order valence-electron chi connectivity index (χ3n) is 4.91. The number of carbonyl (C=O) groups is 3. The van der Waals surface area contributed by atoms with E-state index in [0.29, 0.717) is 37.3 Å². The molecule has 160 valence electrons. The minimum Gasteiger partial charge on any atom is -0.419 e. The van der Waals surface area contributed by atoms with Gasteiger partial charge in [-0.25, -0.2) is 9.59 Å². The van der Waals surface area contributed by atoms with Crippen LogP contribution in [0.3, 0.4) is 0 Å². The van der Waals surface area contributed by atoms with E-state index >= 15 is 0 Å². The second-order valence-corrected chi connectivity index (χ2v) is 7.51. The molecule has 0 aromatic heterocycles. The lowest BCUT2D eigenvalue weighted by molar-refractivity contribution is -0.384. The van der Waals surface area contributed by atoms with Crippen LogP contribution in [0.15, 0.2) is 30.0 Å². The first-order chi connectivity index (χ1) is 14.1. The summed E-state index contributed by atoms with van der Waals surface area (Å²) in [5, 5.41) is 14.3. The molecule has 0 unspecified atom stereocenters. The summed E-state index contributed by atoms with van der Waals surface area (Å²) < 4.78 is 9.99. The number of anilines is 2.